The van der Waals surface area contributed by atoms with Gasteiger partial charge in [0.15, 0.2) is 0 Å². The molecule has 6 heteroatoms. The second-order valence-electron chi connectivity index (χ2n) is 5.59. The van der Waals surface area contributed by atoms with E-state index in [0.717, 1.165) is 5.56 Å². The Labute approximate surface area is 128 Å². The fraction of sp³-hybridized carbons (Fsp3) is 0.562. The Morgan fingerprint density at radius 2 is 1.73 bits per heavy atom. The maximum Gasteiger partial charge on any atom is 0.401 e. The van der Waals surface area contributed by atoms with E-state index in [-0.39, 0.29) is 24.9 Å². The van der Waals surface area contributed by atoms with Gasteiger partial charge in [0.05, 0.1) is 12.5 Å². The Bertz CT molecular complexity index is 482. The lowest BCUT2D eigenvalue weighted by Gasteiger charge is -2.36. The minimum Gasteiger partial charge on any atom is -0.340 e. The molecule has 22 heavy (non-hydrogen) atoms. The van der Waals surface area contributed by atoms with Crippen molar-refractivity contribution in [2.24, 2.45) is 0 Å². The van der Waals surface area contributed by atoms with Crippen LogP contribution < -0.4 is 0 Å². The third-order valence-corrected chi connectivity index (χ3v) is 4.00. The van der Waals surface area contributed by atoms with E-state index in [1.807, 2.05) is 37.3 Å². The summed E-state index contributed by atoms with van der Waals surface area (Å²) >= 11 is 0. The fourth-order valence-electron chi connectivity index (χ4n) is 2.84. The second-order valence-corrected chi connectivity index (χ2v) is 5.59. The van der Waals surface area contributed by atoms with E-state index in [9.17, 15) is 18.0 Å². The summed E-state index contributed by atoms with van der Waals surface area (Å²) in [6.07, 6.45) is -3.49. The van der Waals surface area contributed by atoms with Crippen molar-refractivity contribution in [3.8, 4) is 0 Å². The molecule has 0 radical (unpaired) electrons. The molecular weight excluding hydrogens is 293 g/mol. The number of halogens is 3. The normalized spacial score (nSPS) is 18.3. The van der Waals surface area contributed by atoms with Crippen LogP contribution in [0.5, 0.6) is 0 Å². The third kappa shape index (κ3) is 4.47. The van der Waals surface area contributed by atoms with Gasteiger partial charge in [-0.25, -0.2) is 0 Å². The third-order valence-electron chi connectivity index (χ3n) is 4.00. The Morgan fingerprint density at radius 1 is 1.14 bits per heavy atom. The molecule has 1 saturated heterocycles. The summed E-state index contributed by atoms with van der Waals surface area (Å²) in [6, 6.07) is 9.54. The first-order chi connectivity index (χ1) is 10.4. The van der Waals surface area contributed by atoms with Crippen LogP contribution in [-0.4, -0.2) is 54.6 Å². The smallest absolute Gasteiger partial charge is 0.340 e. The van der Waals surface area contributed by atoms with Crippen molar-refractivity contribution in [3.05, 3.63) is 35.9 Å². The maximum absolute atomic E-state index is 12.6. The van der Waals surface area contributed by atoms with Crippen molar-refractivity contribution in [3.63, 3.8) is 0 Å². The fourth-order valence-corrected chi connectivity index (χ4v) is 2.84. The predicted molar refractivity (Wildman–Crippen MR) is 78.5 cm³/mol. The second kappa shape index (κ2) is 7.13. The van der Waals surface area contributed by atoms with Gasteiger partial charge in [-0.3, -0.25) is 9.69 Å². The average molecular weight is 314 g/mol. The molecule has 1 heterocycles. The number of piperazine rings is 1. The van der Waals surface area contributed by atoms with Gasteiger partial charge in [-0.1, -0.05) is 37.3 Å². The van der Waals surface area contributed by atoms with Crippen LogP contribution >= 0.6 is 0 Å². The van der Waals surface area contributed by atoms with Gasteiger partial charge in [0.25, 0.3) is 0 Å². The van der Waals surface area contributed by atoms with Crippen LogP contribution in [0.1, 0.15) is 24.8 Å². The average Bonchev–Trinajstić information content (AvgIpc) is 2.48. The molecule has 0 aliphatic carbocycles. The van der Waals surface area contributed by atoms with Crippen LogP contribution in [0, 0.1) is 0 Å². The van der Waals surface area contributed by atoms with Gasteiger partial charge in [-0.15, -0.1) is 0 Å². The van der Waals surface area contributed by atoms with E-state index in [1.165, 1.54) is 4.90 Å². The number of carbonyl (C=O) groups excluding carboxylic acids is 1. The number of rotatable bonds is 4. The Balaban J connectivity index is 1.94. The number of benzene rings is 1. The topological polar surface area (TPSA) is 23.6 Å². The van der Waals surface area contributed by atoms with E-state index in [2.05, 4.69) is 0 Å². The zero-order valence-electron chi connectivity index (χ0n) is 12.6. The summed E-state index contributed by atoms with van der Waals surface area (Å²) in [5, 5.41) is 0. The molecule has 0 aromatic heterocycles. The van der Waals surface area contributed by atoms with Crippen molar-refractivity contribution in [2.45, 2.75) is 25.4 Å². The minimum absolute atomic E-state index is 0.0142. The molecule has 0 saturated carbocycles. The van der Waals surface area contributed by atoms with Gasteiger partial charge >= 0.3 is 6.18 Å². The molecule has 1 aliphatic rings. The number of nitrogens with zero attached hydrogens (tertiary/aromatic N) is 2. The Kier molecular flexibility index (Phi) is 5.45. The molecule has 2 rings (SSSR count). The summed E-state index contributed by atoms with van der Waals surface area (Å²) in [6.45, 7) is 2.32. The lowest BCUT2D eigenvalue weighted by atomic mass is 9.95. The van der Waals surface area contributed by atoms with E-state index in [4.69, 9.17) is 0 Å². The van der Waals surface area contributed by atoms with Gasteiger partial charge < -0.3 is 4.90 Å². The molecule has 122 valence electrons. The molecule has 1 aromatic rings. The number of hydrogen-bond donors (Lipinski definition) is 0. The number of amides is 1. The van der Waals surface area contributed by atoms with Crippen LogP contribution in [0.3, 0.4) is 0 Å². The highest BCUT2D eigenvalue weighted by atomic mass is 19.4. The van der Waals surface area contributed by atoms with Gasteiger partial charge in [0.2, 0.25) is 5.91 Å². The summed E-state index contributed by atoms with van der Waals surface area (Å²) in [4.78, 5) is 15.6. The van der Waals surface area contributed by atoms with Crippen molar-refractivity contribution in [1.29, 1.82) is 0 Å². The molecule has 0 N–H and O–H groups in total. The molecule has 1 atom stereocenters. The number of alkyl halides is 3. The highest BCUT2D eigenvalue weighted by Gasteiger charge is 2.33. The van der Waals surface area contributed by atoms with E-state index in [1.54, 1.807) is 4.90 Å². The van der Waals surface area contributed by atoms with Crippen molar-refractivity contribution >= 4 is 5.91 Å². The highest BCUT2D eigenvalue weighted by Crippen LogP contribution is 2.23. The van der Waals surface area contributed by atoms with Crippen LogP contribution in [0.2, 0.25) is 0 Å². The Hall–Kier alpha value is -1.56. The largest absolute Gasteiger partial charge is 0.401 e. The first kappa shape index (κ1) is 16.8. The van der Waals surface area contributed by atoms with E-state index < -0.39 is 12.7 Å². The first-order valence-electron chi connectivity index (χ1n) is 7.53. The molecule has 1 fully saturated rings. The monoisotopic (exact) mass is 314 g/mol. The zero-order valence-corrected chi connectivity index (χ0v) is 12.6. The van der Waals surface area contributed by atoms with Gasteiger partial charge in [0.1, 0.15) is 0 Å². The molecule has 0 bridgehead atoms. The lowest BCUT2D eigenvalue weighted by Crippen LogP contribution is -2.51. The van der Waals surface area contributed by atoms with Crippen molar-refractivity contribution in [1.82, 2.24) is 9.80 Å². The molecule has 1 unspecified atom stereocenters. The van der Waals surface area contributed by atoms with Gasteiger partial charge in [-0.05, 0) is 12.0 Å². The van der Waals surface area contributed by atoms with E-state index >= 15 is 0 Å². The van der Waals surface area contributed by atoms with Crippen LogP contribution in [-0.2, 0) is 4.79 Å². The quantitative estimate of drug-likeness (QED) is 0.853. The molecule has 1 amide bonds. The first-order valence-corrected chi connectivity index (χ1v) is 7.53. The number of carbonyl (C=O) groups is 1. The minimum atomic E-state index is -4.18. The summed E-state index contributed by atoms with van der Waals surface area (Å²) in [5.74, 6) is -0.198. The Morgan fingerprint density at radius 3 is 2.23 bits per heavy atom. The molecule has 1 aliphatic heterocycles. The van der Waals surface area contributed by atoms with Crippen molar-refractivity contribution in [2.75, 3.05) is 32.7 Å². The predicted octanol–water partition coefficient (Wildman–Crippen LogP) is 2.89. The summed E-state index contributed by atoms with van der Waals surface area (Å²) < 4.78 is 37.1. The van der Waals surface area contributed by atoms with Gasteiger partial charge in [-0.2, -0.15) is 13.2 Å². The van der Waals surface area contributed by atoms with E-state index in [0.29, 0.717) is 19.5 Å². The molecule has 0 spiro atoms. The summed E-state index contributed by atoms with van der Waals surface area (Å²) in [5.41, 5.74) is 0.965. The molecule has 1 aromatic carbocycles. The molecular formula is C16H21F3N2O. The van der Waals surface area contributed by atoms with Crippen LogP contribution in [0.4, 0.5) is 13.2 Å². The number of hydrogen-bond acceptors (Lipinski definition) is 2. The van der Waals surface area contributed by atoms with Crippen molar-refractivity contribution < 1.29 is 18.0 Å². The molecule has 3 nitrogen and oxygen atoms in total. The van der Waals surface area contributed by atoms with Crippen LogP contribution in [0.15, 0.2) is 30.3 Å². The highest BCUT2D eigenvalue weighted by molar-refractivity contribution is 5.83. The van der Waals surface area contributed by atoms with Gasteiger partial charge in [0, 0.05) is 26.2 Å². The maximum atomic E-state index is 12.6. The standard InChI is InChI=1S/C16H21F3N2O/c1-2-14(13-6-4-3-5-7-13)15(22)21-10-8-20(9-11-21)12-16(17,18)19/h3-7,14H,2,8-12H2,1H3. The summed E-state index contributed by atoms with van der Waals surface area (Å²) in [7, 11) is 0. The SMILES string of the molecule is CCC(C(=O)N1CCN(CC(F)(F)F)CC1)c1ccccc1. The van der Waals surface area contributed by atoms with Crippen LogP contribution in [0.25, 0.3) is 0 Å². The lowest BCUT2D eigenvalue weighted by molar-refractivity contribution is -0.152. The zero-order chi connectivity index (χ0) is 16.2.